The van der Waals surface area contributed by atoms with Gasteiger partial charge >= 0.3 is 0 Å². The van der Waals surface area contributed by atoms with Crippen LogP contribution in [0.15, 0.2) is 36.7 Å². The van der Waals surface area contributed by atoms with E-state index in [0.29, 0.717) is 17.3 Å². The Morgan fingerprint density at radius 1 is 1.12 bits per heavy atom. The number of anilines is 1. The zero-order valence-corrected chi connectivity index (χ0v) is 15.4. The van der Waals surface area contributed by atoms with Crippen molar-refractivity contribution >= 4 is 17.0 Å². The number of aromatic nitrogens is 4. The Labute approximate surface area is 154 Å². The number of nitrogens with zero attached hydrogens (tertiary/aromatic N) is 3. The van der Waals surface area contributed by atoms with Gasteiger partial charge in [-0.1, -0.05) is 62.9 Å². The quantitative estimate of drug-likeness (QED) is 0.503. The van der Waals surface area contributed by atoms with Gasteiger partial charge in [-0.15, -0.1) is 0 Å². The second-order valence-corrected chi connectivity index (χ2v) is 6.70. The van der Waals surface area contributed by atoms with Crippen molar-refractivity contribution in [2.24, 2.45) is 0 Å². The Kier molecular flexibility index (Phi) is 6.17. The molecule has 3 aromatic rings. The Balaban J connectivity index is 1.86. The number of rotatable bonds is 9. The molecule has 138 valence electrons. The lowest BCUT2D eigenvalue weighted by molar-refractivity contribution is 0.165. The Morgan fingerprint density at radius 3 is 2.65 bits per heavy atom. The van der Waals surface area contributed by atoms with Gasteiger partial charge in [-0.05, 0) is 13.3 Å². The lowest BCUT2D eigenvalue weighted by Gasteiger charge is -2.22. The minimum atomic E-state index is -0.468. The zero-order valence-electron chi connectivity index (χ0n) is 15.4. The van der Waals surface area contributed by atoms with Gasteiger partial charge in [0.2, 0.25) is 0 Å². The van der Waals surface area contributed by atoms with E-state index >= 15 is 0 Å². The average Bonchev–Trinajstić information content (AvgIpc) is 3.13. The predicted molar refractivity (Wildman–Crippen MR) is 105 cm³/mol. The molecular weight excluding hydrogens is 326 g/mol. The number of aliphatic hydroxyl groups excluding tert-OH is 1. The van der Waals surface area contributed by atoms with Crippen molar-refractivity contribution in [2.45, 2.75) is 58.1 Å². The highest BCUT2D eigenvalue weighted by atomic mass is 16.3. The maximum atomic E-state index is 10.2. The Morgan fingerprint density at radius 2 is 1.92 bits per heavy atom. The molecule has 0 aliphatic rings. The highest BCUT2D eigenvalue weighted by Crippen LogP contribution is 2.24. The molecule has 0 saturated carbocycles. The van der Waals surface area contributed by atoms with Gasteiger partial charge in [-0.25, -0.2) is 15.0 Å². The molecule has 0 bridgehead atoms. The van der Waals surface area contributed by atoms with Crippen LogP contribution in [0, 0.1) is 0 Å². The maximum Gasteiger partial charge on any atom is 0.183 e. The summed E-state index contributed by atoms with van der Waals surface area (Å²) < 4.78 is 0. The molecule has 0 saturated heterocycles. The Bertz CT molecular complexity index is 815. The van der Waals surface area contributed by atoms with Crippen molar-refractivity contribution < 1.29 is 5.11 Å². The first-order valence-electron chi connectivity index (χ1n) is 9.40. The van der Waals surface area contributed by atoms with Crippen LogP contribution in [0.25, 0.3) is 22.6 Å². The molecule has 0 radical (unpaired) electrons. The number of benzene rings is 1. The summed E-state index contributed by atoms with van der Waals surface area (Å²) in [5.74, 6) is 1.32. The molecule has 0 spiro atoms. The first kappa shape index (κ1) is 18.3. The molecule has 6 heteroatoms. The molecular formula is C20H27N5O. The first-order valence-corrected chi connectivity index (χ1v) is 9.40. The number of imidazole rings is 1. The highest BCUT2D eigenvalue weighted by Gasteiger charge is 2.18. The number of H-pyrrole nitrogens is 1. The van der Waals surface area contributed by atoms with E-state index < -0.39 is 6.10 Å². The molecule has 0 fully saturated rings. The second-order valence-electron chi connectivity index (χ2n) is 6.70. The molecule has 3 N–H and O–H groups in total. The third kappa shape index (κ3) is 4.38. The largest absolute Gasteiger partial charge is 0.391 e. The molecule has 2 heterocycles. The number of hydrogen-bond acceptors (Lipinski definition) is 5. The molecule has 2 aromatic heterocycles. The maximum absolute atomic E-state index is 10.2. The van der Waals surface area contributed by atoms with Crippen LogP contribution < -0.4 is 5.32 Å². The topological polar surface area (TPSA) is 86.7 Å². The number of aromatic amines is 1. The summed E-state index contributed by atoms with van der Waals surface area (Å²) in [5, 5.41) is 13.6. The van der Waals surface area contributed by atoms with E-state index in [1.54, 1.807) is 6.33 Å². The van der Waals surface area contributed by atoms with Crippen molar-refractivity contribution in [1.29, 1.82) is 0 Å². The fraction of sp³-hybridized carbons (Fsp3) is 0.450. The normalized spacial score (nSPS) is 13.7. The second kappa shape index (κ2) is 8.76. The van der Waals surface area contributed by atoms with Crippen LogP contribution in [0.4, 0.5) is 5.82 Å². The van der Waals surface area contributed by atoms with E-state index in [-0.39, 0.29) is 6.04 Å². The van der Waals surface area contributed by atoms with Crippen LogP contribution in [-0.4, -0.2) is 37.2 Å². The minimum Gasteiger partial charge on any atom is -0.391 e. The molecule has 0 aliphatic carbocycles. The average molecular weight is 353 g/mol. The monoisotopic (exact) mass is 353 g/mol. The van der Waals surface area contributed by atoms with Crippen molar-refractivity contribution in [3.63, 3.8) is 0 Å². The molecule has 2 atom stereocenters. The smallest absolute Gasteiger partial charge is 0.183 e. The van der Waals surface area contributed by atoms with Gasteiger partial charge in [0.1, 0.15) is 5.52 Å². The van der Waals surface area contributed by atoms with Gasteiger partial charge < -0.3 is 15.4 Å². The first-order chi connectivity index (χ1) is 12.7. The van der Waals surface area contributed by atoms with E-state index in [1.807, 2.05) is 37.3 Å². The number of aliphatic hydroxyl groups is 1. The summed E-state index contributed by atoms with van der Waals surface area (Å²) in [6.07, 6.45) is 6.75. The summed E-state index contributed by atoms with van der Waals surface area (Å²) in [6.45, 7) is 4.02. The van der Waals surface area contributed by atoms with Crippen molar-refractivity contribution in [3.8, 4) is 11.4 Å². The zero-order chi connectivity index (χ0) is 18.4. The van der Waals surface area contributed by atoms with E-state index in [0.717, 1.165) is 23.9 Å². The summed E-state index contributed by atoms with van der Waals surface area (Å²) in [7, 11) is 0. The number of fused-ring (bicyclic) bond motifs is 1. The minimum absolute atomic E-state index is 0.0584. The van der Waals surface area contributed by atoms with Crippen molar-refractivity contribution in [2.75, 3.05) is 5.32 Å². The lowest BCUT2D eigenvalue weighted by atomic mass is 10.0. The predicted octanol–water partition coefficient (Wildman–Crippen LogP) is 4.15. The summed E-state index contributed by atoms with van der Waals surface area (Å²) >= 11 is 0. The number of nitrogens with one attached hydrogen (secondary N) is 2. The molecule has 6 nitrogen and oxygen atoms in total. The third-order valence-electron chi connectivity index (χ3n) is 4.59. The van der Waals surface area contributed by atoms with E-state index in [2.05, 4.69) is 27.2 Å². The van der Waals surface area contributed by atoms with Gasteiger partial charge in [0.15, 0.2) is 17.3 Å². The van der Waals surface area contributed by atoms with Crippen molar-refractivity contribution in [3.05, 3.63) is 36.7 Å². The van der Waals surface area contributed by atoms with Crippen LogP contribution in [0.2, 0.25) is 0 Å². The fourth-order valence-electron chi connectivity index (χ4n) is 3.05. The summed E-state index contributed by atoms with van der Waals surface area (Å²) in [5.41, 5.74) is 2.33. The third-order valence-corrected chi connectivity index (χ3v) is 4.59. The van der Waals surface area contributed by atoms with Crippen LogP contribution >= 0.6 is 0 Å². The van der Waals surface area contributed by atoms with Crippen molar-refractivity contribution in [1.82, 2.24) is 19.9 Å². The molecule has 26 heavy (non-hydrogen) atoms. The number of hydrogen-bond donors (Lipinski definition) is 3. The molecule has 0 amide bonds. The fourth-order valence-corrected chi connectivity index (χ4v) is 3.05. The standard InChI is InChI=1S/C20H27N5O/c1-3-4-5-9-12-16(14(2)26)23-20-17-19(22-13-21-17)24-18(25-20)15-10-7-6-8-11-15/h6-8,10-11,13-14,16,26H,3-5,9,12H2,1-2H3,(H2,21,22,23,24,25)/t14-,16+/m1/s1. The van der Waals surface area contributed by atoms with Gasteiger partial charge in [0.25, 0.3) is 0 Å². The van der Waals surface area contributed by atoms with Crippen LogP contribution in [0.5, 0.6) is 0 Å². The van der Waals surface area contributed by atoms with E-state index in [9.17, 15) is 5.11 Å². The lowest BCUT2D eigenvalue weighted by Crippen LogP contribution is -2.32. The highest BCUT2D eigenvalue weighted by molar-refractivity contribution is 5.84. The van der Waals surface area contributed by atoms with Gasteiger partial charge in [0, 0.05) is 5.56 Å². The van der Waals surface area contributed by atoms with E-state index in [1.165, 1.54) is 19.3 Å². The SMILES string of the molecule is CCCCCC[C@H](Nc1nc(-c2ccccc2)nc2nc[nH]c12)[C@@H](C)O. The molecule has 1 aromatic carbocycles. The van der Waals surface area contributed by atoms with Crippen LogP contribution in [0.3, 0.4) is 0 Å². The number of unbranched alkanes of at least 4 members (excludes halogenated alkanes) is 3. The summed E-state index contributed by atoms with van der Waals surface area (Å²) in [4.78, 5) is 16.7. The van der Waals surface area contributed by atoms with Gasteiger partial charge in [-0.3, -0.25) is 0 Å². The van der Waals surface area contributed by atoms with Crippen LogP contribution in [0.1, 0.15) is 46.0 Å². The van der Waals surface area contributed by atoms with Gasteiger partial charge in [0.05, 0.1) is 18.5 Å². The molecule has 0 aliphatic heterocycles. The molecule has 0 unspecified atom stereocenters. The summed E-state index contributed by atoms with van der Waals surface area (Å²) in [6, 6.07) is 9.80. The van der Waals surface area contributed by atoms with Crippen LogP contribution in [-0.2, 0) is 0 Å². The van der Waals surface area contributed by atoms with E-state index in [4.69, 9.17) is 4.98 Å². The van der Waals surface area contributed by atoms with Gasteiger partial charge in [-0.2, -0.15) is 0 Å². The Hall–Kier alpha value is -2.47. The molecule has 3 rings (SSSR count).